The van der Waals surface area contributed by atoms with E-state index in [2.05, 4.69) is 11.4 Å². The number of nitriles is 1. The lowest BCUT2D eigenvalue weighted by Gasteiger charge is -2.21. The average molecular weight is 443 g/mol. The topological polar surface area (TPSA) is 117 Å². The maximum atomic E-state index is 12.9. The quantitative estimate of drug-likeness (QED) is 0.482. The van der Waals surface area contributed by atoms with Crippen molar-refractivity contribution < 1.29 is 19.4 Å². The highest BCUT2D eigenvalue weighted by Gasteiger charge is 2.27. The lowest BCUT2D eigenvalue weighted by molar-refractivity contribution is 0.0449. The minimum Gasteiger partial charge on any atom is -0.477 e. The van der Waals surface area contributed by atoms with Crippen molar-refractivity contribution in [2.75, 3.05) is 57.3 Å². The van der Waals surface area contributed by atoms with Gasteiger partial charge in [-0.15, -0.1) is 0 Å². The summed E-state index contributed by atoms with van der Waals surface area (Å²) in [5.74, 6) is -1.35. The zero-order valence-electron chi connectivity index (χ0n) is 18.8. The Kier molecular flexibility index (Phi) is 7.72. The maximum Gasteiger partial charge on any atom is 0.341 e. The molecule has 0 bridgehead atoms. The molecule has 1 unspecified atom stereocenters. The molecule has 0 radical (unpaired) electrons. The fraction of sp³-hybridized carbons (Fsp3) is 0.522. The first-order valence-electron chi connectivity index (χ1n) is 10.8. The van der Waals surface area contributed by atoms with Gasteiger partial charge in [0.2, 0.25) is 5.43 Å². The van der Waals surface area contributed by atoms with Crippen LogP contribution >= 0.6 is 0 Å². The number of hydrogen-bond acceptors (Lipinski definition) is 7. The first kappa shape index (κ1) is 23.6. The zero-order chi connectivity index (χ0) is 23.3. The van der Waals surface area contributed by atoms with E-state index in [1.807, 2.05) is 29.6 Å². The van der Waals surface area contributed by atoms with Crippen molar-refractivity contribution >= 4 is 28.2 Å². The van der Waals surface area contributed by atoms with Crippen LogP contribution in [0.25, 0.3) is 10.9 Å². The molecule has 9 heteroatoms. The van der Waals surface area contributed by atoms with Crippen LogP contribution in [0.15, 0.2) is 23.1 Å². The lowest BCUT2D eigenvalue weighted by atomic mass is 10.1. The highest BCUT2D eigenvalue weighted by atomic mass is 16.5. The van der Waals surface area contributed by atoms with Crippen molar-refractivity contribution in [1.82, 2.24) is 4.57 Å². The molecule has 0 aliphatic heterocycles. The molecule has 3 rings (SSSR count). The van der Waals surface area contributed by atoms with Crippen LogP contribution in [0.3, 0.4) is 0 Å². The van der Waals surface area contributed by atoms with Crippen LogP contribution < -0.4 is 15.6 Å². The Labute approximate surface area is 187 Å². The molecule has 1 aromatic carbocycles. The van der Waals surface area contributed by atoms with Crippen LogP contribution in [0.4, 0.5) is 11.4 Å². The molecule has 1 atom stereocenters. The zero-order valence-corrected chi connectivity index (χ0v) is 18.8. The van der Waals surface area contributed by atoms with E-state index < -0.39 is 11.4 Å². The molecule has 0 amide bonds. The van der Waals surface area contributed by atoms with E-state index in [9.17, 15) is 14.7 Å². The first-order chi connectivity index (χ1) is 15.3. The van der Waals surface area contributed by atoms with Gasteiger partial charge in [0.05, 0.1) is 55.3 Å². The number of carboxylic acid groups (broad SMARTS) is 1. The second kappa shape index (κ2) is 10.5. The third-order valence-electron chi connectivity index (χ3n) is 5.32. The number of aromatic nitrogens is 1. The van der Waals surface area contributed by atoms with Gasteiger partial charge in [-0.25, -0.2) is 4.79 Å². The predicted octanol–water partition coefficient (Wildman–Crippen LogP) is 2.71. The smallest absolute Gasteiger partial charge is 0.341 e. The summed E-state index contributed by atoms with van der Waals surface area (Å²) in [7, 11) is 3.85. The minimum atomic E-state index is -1.21. The van der Waals surface area contributed by atoms with Crippen LogP contribution in [0.2, 0.25) is 0 Å². The van der Waals surface area contributed by atoms with Gasteiger partial charge in [0.1, 0.15) is 5.56 Å². The van der Waals surface area contributed by atoms with Gasteiger partial charge in [-0.3, -0.25) is 4.79 Å². The summed E-state index contributed by atoms with van der Waals surface area (Å²) in [5.41, 5.74) is 1.71. The largest absolute Gasteiger partial charge is 0.477 e. The summed E-state index contributed by atoms with van der Waals surface area (Å²) in [6, 6.07) is 6.02. The van der Waals surface area contributed by atoms with E-state index in [4.69, 9.17) is 14.7 Å². The molecule has 172 valence electrons. The summed E-state index contributed by atoms with van der Waals surface area (Å²) in [5, 5.41) is 21.9. The number of fused-ring (bicyclic) bond motifs is 1. The monoisotopic (exact) mass is 442 g/mol. The van der Waals surface area contributed by atoms with E-state index >= 15 is 0 Å². The maximum absolute atomic E-state index is 12.9. The SMILES string of the molecule is CC(C#N)COCCOCCNc1cc2c(=O)c(C(=O)O)cn(C3CC3)c2cc1N(C)C. The number of rotatable bonds is 12. The van der Waals surface area contributed by atoms with Gasteiger partial charge < -0.3 is 29.4 Å². The first-order valence-corrected chi connectivity index (χ1v) is 10.8. The summed E-state index contributed by atoms with van der Waals surface area (Å²) in [4.78, 5) is 26.4. The minimum absolute atomic E-state index is 0.139. The van der Waals surface area contributed by atoms with Crippen molar-refractivity contribution in [2.45, 2.75) is 25.8 Å². The summed E-state index contributed by atoms with van der Waals surface area (Å²) in [6.45, 7) is 3.98. The standard InChI is InChI=1S/C23H30N4O5/c1-15(12-24)14-32-9-8-31-7-6-25-19-10-17-20(11-21(19)26(2)3)27(16-4-5-16)13-18(22(17)28)23(29)30/h10-11,13,15-16,25H,4-9,14H2,1-3H3,(H,29,30). The van der Waals surface area contributed by atoms with Gasteiger partial charge in [-0.2, -0.15) is 5.26 Å². The second-order valence-corrected chi connectivity index (χ2v) is 8.24. The van der Waals surface area contributed by atoms with Gasteiger partial charge in [0, 0.05) is 38.3 Å². The Bertz CT molecular complexity index is 1070. The number of nitrogens with zero attached hydrogens (tertiary/aromatic N) is 3. The van der Waals surface area contributed by atoms with E-state index in [-0.39, 0.29) is 17.5 Å². The summed E-state index contributed by atoms with van der Waals surface area (Å²) >= 11 is 0. The third-order valence-corrected chi connectivity index (χ3v) is 5.32. The Morgan fingerprint density at radius 3 is 2.66 bits per heavy atom. The van der Waals surface area contributed by atoms with Crippen LogP contribution in [-0.2, 0) is 9.47 Å². The molecule has 1 aromatic heterocycles. The Balaban J connectivity index is 1.73. The van der Waals surface area contributed by atoms with Crippen molar-refractivity contribution in [1.29, 1.82) is 5.26 Å². The summed E-state index contributed by atoms with van der Waals surface area (Å²) in [6.07, 6.45) is 3.43. The van der Waals surface area contributed by atoms with Crippen LogP contribution in [0, 0.1) is 17.2 Å². The Morgan fingerprint density at radius 2 is 2.03 bits per heavy atom. The van der Waals surface area contributed by atoms with Gasteiger partial charge >= 0.3 is 5.97 Å². The van der Waals surface area contributed by atoms with Crippen LogP contribution in [0.1, 0.15) is 36.2 Å². The van der Waals surface area contributed by atoms with Crippen LogP contribution in [-0.4, -0.2) is 62.7 Å². The molecule has 1 saturated carbocycles. The Morgan fingerprint density at radius 1 is 1.31 bits per heavy atom. The number of aromatic carboxylic acids is 1. The average Bonchev–Trinajstić information content (AvgIpc) is 3.60. The summed E-state index contributed by atoms with van der Waals surface area (Å²) < 4.78 is 12.9. The fourth-order valence-electron chi connectivity index (χ4n) is 3.48. The molecule has 1 aliphatic carbocycles. The van der Waals surface area contributed by atoms with E-state index in [0.717, 1.165) is 29.7 Å². The molecule has 9 nitrogen and oxygen atoms in total. The molecule has 1 fully saturated rings. The van der Waals surface area contributed by atoms with E-state index in [1.165, 1.54) is 6.20 Å². The highest BCUT2D eigenvalue weighted by molar-refractivity contribution is 5.96. The highest BCUT2D eigenvalue weighted by Crippen LogP contribution is 2.39. The third kappa shape index (κ3) is 5.58. The van der Waals surface area contributed by atoms with Crippen LogP contribution in [0.5, 0.6) is 0 Å². The second-order valence-electron chi connectivity index (χ2n) is 8.24. The molecule has 1 heterocycles. The van der Waals surface area contributed by atoms with Crippen molar-refractivity contribution in [3.63, 3.8) is 0 Å². The van der Waals surface area contributed by atoms with E-state index in [1.54, 1.807) is 13.0 Å². The van der Waals surface area contributed by atoms with Gasteiger partial charge in [0.25, 0.3) is 0 Å². The predicted molar refractivity (Wildman–Crippen MR) is 123 cm³/mol. The number of nitrogens with one attached hydrogen (secondary N) is 1. The van der Waals surface area contributed by atoms with Gasteiger partial charge in [-0.1, -0.05) is 0 Å². The molecule has 32 heavy (non-hydrogen) atoms. The van der Waals surface area contributed by atoms with Crippen molar-refractivity contribution in [3.05, 3.63) is 34.1 Å². The molecule has 1 aliphatic rings. The van der Waals surface area contributed by atoms with Gasteiger partial charge in [-0.05, 0) is 31.9 Å². The molecule has 2 aromatic rings. The number of benzene rings is 1. The van der Waals surface area contributed by atoms with E-state index in [0.29, 0.717) is 38.4 Å². The molecular weight excluding hydrogens is 412 g/mol. The number of anilines is 2. The molecule has 2 N–H and O–H groups in total. The number of ether oxygens (including phenoxy) is 2. The fourth-order valence-corrected chi connectivity index (χ4v) is 3.48. The number of carboxylic acids is 1. The lowest BCUT2D eigenvalue weighted by Crippen LogP contribution is -2.21. The van der Waals surface area contributed by atoms with Crippen molar-refractivity contribution in [2.24, 2.45) is 5.92 Å². The van der Waals surface area contributed by atoms with Crippen molar-refractivity contribution in [3.8, 4) is 6.07 Å². The molecular formula is C23H30N4O5. The molecule has 0 saturated heterocycles. The number of carbonyl (C=O) groups is 1. The Hall–Kier alpha value is -3.09. The molecule has 0 spiro atoms. The number of hydrogen-bond donors (Lipinski definition) is 2. The normalized spacial score (nSPS) is 14.2. The number of pyridine rings is 1. The van der Waals surface area contributed by atoms with Gasteiger partial charge in [0.15, 0.2) is 0 Å².